The number of halogens is 1. The van der Waals surface area contributed by atoms with E-state index in [0.717, 1.165) is 20.8 Å². The highest BCUT2D eigenvalue weighted by atomic mass is 32.1. The molecule has 3 rings (SSSR count). The average Bonchev–Trinajstić information content (AvgIpc) is 2.97. The second kappa shape index (κ2) is 7.51. The zero-order valence-corrected chi connectivity index (χ0v) is 14.1. The second-order valence-electron chi connectivity index (χ2n) is 5.45. The maximum absolute atomic E-state index is 13.2. The third kappa shape index (κ3) is 4.15. The molecule has 3 aromatic rings. The maximum atomic E-state index is 13.2. The van der Waals surface area contributed by atoms with Crippen LogP contribution in [0.4, 0.5) is 4.39 Å². The van der Waals surface area contributed by atoms with E-state index in [1.807, 2.05) is 24.3 Å². The lowest BCUT2D eigenvalue weighted by Crippen LogP contribution is -2.29. The van der Waals surface area contributed by atoms with Gasteiger partial charge in [-0.15, -0.1) is 11.3 Å². The third-order valence-electron chi connectivity index (χ3n) is 3.52. The zero-order valence-electron chi connectivity index (χ0n) is 13.2. The molecule has 0 unspecified atom stereocenters. The first-order valence-corrected chi connectivity index (χ1v) is 8.34. The van der Waals surface area contributed by atoms with E-state index in [1.165, 1.54) is 17.0 Å². The van der Waals surface area contributed by atoms with E-state index in [9.17, 15) is 9.18 Å². The molecule has 0 saturated heterocycles. The summed E-state index contributed by atoms with van der Waals surface area (Å²) in [5.41, 5.74) is 1.69. The van der Waals surface area contributed by atoms with Crippen molar-refractivity contribution in [1.29, 1.82) is 0 Å². The molecule has 0 aliphatic heterocycles. The van der Waals surface area contributed by atoms with E-state index in [4.69, 9.17) is 4.74 Å². The van der Waals surface area contributed by atoms with Crippen LogP contribution in [-0.2, 0) is 22.7 Å². The maximum Gasteiger partial charge on any atom is 0.248 e. The number of amides is 1. The van der Waals surface area contributed by atoms with Crippen LogP contribution in [-0.4, -0.2) is 29.4 Å². The van der Waals surface area contributed by atoms with Gasteiger partial charge in [-0.2, -0.15) is 0 Å². The summed E-state index contributed by atoms with van der Waals surface area (Å²) in [5.74, 6) is -0.458. The van der Waals surface area contributed by atoms with Crippen LogP contribution in [0.3, 0.4) is 0 Å². The predicted molar refractivity (Wildman–Crippen MR) is 92.2 cm³/mol. The Kier molecular flexibility index (Phi) is 5.17. The molecule has 0 bridgehead atoms. The normalized spacial score (nSPS) is 10.9. The quantitative estimate of drug-likeness (QED) is 0.686. The first-order valence-electron chi connectivity index (χ1n) is 7.52. The van der Waals surface area contributed by atoms with Gasteiger partial charge in [-0.1, -0.05) is 24.3 Å². The fourth-order valence-corrected chi connectivity index (χ4v) is 3.22. The number of likely N-dealkylation sites (N-methyl/N-ethyl adjacent to an activating group) is 1. The number of carbonyl (C=O) groups excluding carboxylic acids is 1. The lowest BCUT2D eigenvalue weighted by molar-refractivity contribution is -0.135. The number of ether oxygens (including phenoxy) is 1. The highest BCUT2D eigenvalue weighted by Crippen LogP contribution is 2.21. The number of aromatic nitrogens is 1. The van der Waals surface area contributed by atoms with E-state index >= 15 is 0 Å². The number of hydrogen-bond acceptors (Lipinski definition) is 4. The fraction of sp³-hybridized carbons (Fsp3) is 0.222. The number of hydrogen-bond donors (Lipinski definition) is 0. The van der Waals surface area contributed by atoms with Crippen molar-refractivity contribution in [2.45, 2.75) is 13.2 Å². The van der Waals surface area contributed by atoms with E-state index in [1.54, 1.807) is 30.5 Å². The van der Waals surface area contributed by atoms with Gasteiger partial charge in [-0.05, 0) is 29.8 Å². The number of benzene rings is 2. The molecule has 2 aromatic carbocycles. The Morgan fingerprint density at radius 3 is 2.88 bits per heavy atom. The van der Waals surface area contributed by atoms with Crippen LogP contribution in [0.2, 0.25) is 0 Å². The van der Waals surface area contributed by atoms with Crippen LogP contribution in [0.5, 0.6) is 0 Å². The van der Waals surface area contributed by atoms with Crippen LogP contribution in [0.25, 0.3) is 10.2 Å². The molecule has 0 aliphatic rings. The van der Waals surface area contributed by atoms with Gasteiger partial charge in [0.25, 0.3) is 0 Å². The van der Waals surface area contributed by atoms with Crippen molar-refractivity contribution in [3.8, 4) is 0 Å². The largest absolute Gasteiger partial charge is 0.364 e. The van der Waals surface area contributed by atoms with Crippen molar-refractivity contribution in [3.05, 3.63) is 64.9 Å². The predicted octanol–water partition coefficient (Wildman–Crippen LogP) is 3.61. The highest BCUT2D eigenvalue weighted by molar-refractivity contribution is 7.18. The highest BCUT2D eigenvalue weighted by Gasteiger charge is 2.11. The molecular formula is C18H17FN2O2S. The molecule has 124 valence electrons. The summed E-state index contributed by atoms with van der Waals surface area (Å²) < 4.78 is 19.7. The number of para-hydroxylation sites is 1. The Balaban J connectivity index is 1.49. The SMILES string of the molecule is CN(Cc1cccc(F)c1)C(=O)COCc1nc2ccccc2s1. The first-order chi connectivity index (χ1) is 11.6. The smallest absolute Gasteiger partial charge is 0.248 e. The average molecular weight is 344 g/mol. The van der Waals surface area contributed by atoms with Gasteiger partial charge in [0.2, 0.25) is 5.91 Å². The minimum Gasteiger partial charge on any atom is -0.364 e. The van der Waals surface area contributed by atoms with Crippen LogP contribution >= 0.6 is 11.3 Å². The molecule has 0 spiro atoms. The standard InChI is InChI=1S/C18H17FN2O2S/c1-21(10-13-5-4-6-14(19)9-13)18(22)12-23-11-17-20-15-7-2-3-8-16(15)24-17/h2-9H,10-12H2,1H3. The molecule has 6 heteroatoms. The van der Waals surface area contributed by atoms with Gasteiger partial charge in [0.15, 0.2) is 0 Å². The Morgan fingerprint density at radius 1 is 1.25 bits per heavy atom. The summed E-state index contributed by atoms with van der Waals surface area (Å²) in [6, 6.07) is 14.1. The molecule has 1 aromatic heterocycles. The molecular weight excluding hydrogens is 327 g/mol. The molecule has 0 atom stereocenters. The number of carbonyl (C=O) groups is 1. The van der Waals surface area contributed by atoms with Crippen LogP contribution < -0.4 is 0 Å². The molecule has 0 radical (unpaired) electrons. The van der Waals surface area contributed by atoms with Crippen molar-refractivity contribution in [2.24, 2.45) is 0 Å². The van der Waals surface area contributed by atoms with Crippen molar-refractivity contribution < 1.29 is 13.9 Å². The van der Waals surface area contributed by atoms with Crippen molar-refractivity contribution in [2.75, 3.05) is 13.7 Å². The number of thiazole rings is 1. The molecule has 0 fully saturated rings. The minimum absolute atomic E-state index is 0.0261. The summed E-state index contributed by atoms with van der Waals surface area (Å²) in [6.45, 7) is 0.627. The number of rotatable bonds is 6. The Bertz CT molecular complexity index is 817. The zero-order chi connectivity index (χ0) is 16.9. The number of nitrogens with zero attached hydrogens (tertiary/aromatic N) is 2. The van der Waals surface area contributed by atoms with Crippen LogP contribution in [0.15, 0.2) is 48.5 Å². The van der Waals surface area contributed by atoms with Crippen molar-refractivity contribution >= 4 is 27.5 Å². The molecule has 0 aliphatic carbocycles. The summed E-state index contributed by atoms with van der Waals surface area (Å²) >= 11 is 1.56. The first kappa shape index (κ1) is 16.5. The summed E-state index contributed by atoms with van der Waals surface area (Å²) in [5, 5.41) is 0.844. The molecule has 1 amide bonds. The lowest BCUT2D eigenvalue weighted by Gasteiger charge is -2.17. The van der Waals surface area contributed by atoms with E-state index in [2.05, 4.69) is 4.98 Å². The van der Waals surface area contributed by atoms with E-state index in [-0.39, 0.29) is 18.3 Å². The molecule has 24 heavy (non-hydrogen) atoms. The molecule has 4 nitrogen and oxygen atoms in total. The van der Waals surface area contributed by atoms with E-state index in [0.29, 0.717) is 13.2 Å². The molecule has 0 saturated carbocycles. The van der Waals surface area contributed by atoms with Crippen molar-refractivity contribution in [1.82, 2.24) is 9.88 Å². The Labute approximate surface area is 143 Å². The van der Waals surface area contributed by atoms with Gasteiger partial charge in [0.1, 0.15) is 17.4 Å². The second-order valence-corrected chi connectivity index (χ2v) is 6.56. The minimum atomic E-state index is -0.305. The van der Waals surface area contributed by atoms with Gasteiger partial charge < -0.3 is 9.64 Å². The van der Waals surface area contributed by atoms with Gasteiger partial charge in [0, 0.05) is 13.6 Å². The summed E-state index contributed by atoms with van der Waals surface area (Å²) in [7, 11) is 1.67. The van der Waals surface area contributed by atoms with Gasteiger partial charge in [-0.3, -0.25) is 4.79 Å². The van der Waals surface area contributed by atoms with E-state index < -0.39 is 0 Å². The summed E-state index contributed by atoms with van der Waals surface area (Å²) in [4.78, 5) is 18.1. The fourth-order valence-electron chi connectivity index (χ4n) is 2.31. The molecule has 1 heterocycles. The molecule has 0 N–H and O–H groups in total. The third-order valence-corrected chi connectivity index (χ3v) is 4.53. The van der Waals surface area contributed by atoms with Crippen LogP contribution in [0, 0.1) is 5.82 Å². The Hall–Kier alpha value is -2.31. The summed E-state index contributed by atoms with van der Waals surface area (Å²) in [6.07, 6.45) is 0. The van der Waals surface area contributed by atoms with Gasteiger partial charge in [0.05, 0.1) is 16.8 Å². The monoisotopic (exact) mass is 344 g/mol. The topological polar surface area (TPSA) is 42.4 Å². The lowest BCUT2D eigenvalue weighted by atomic mass is 10.2. The van der Waals surface area contributed by atoms with Crippen molar-refractivity contribution in [3.63, 3.8) is 0 Å². The van der Waals surface area contributed by atoms with Gasteiger partial charge >= 0.3 is 0 Å². The van der Waals surface area contributed by atoms with Gasteiger partial charge in [-0.25, -0.2) is 9.37 Å². The van der Waals surface area contributed by atoms with Crippen LogP contribution in [0.1, 0.15) is 10.6 Å². The number of fused-ring (bicyclic) bond motifs is 1. The Morgan fingerprint density at radius 2 is 2.08 bits per heavy atom.